The SMILES string of the molecule is Cc1ccn2cc([C@@H](C)N)nc2c1. The molecule has 0 aromatic carbocycles. The summed E-state index contributed by atoms with van der Waals surface area (Å²) in [6.45, 7) is 3.99. The Kier molecular flexibility index (Phi) is 1.81. The molecule has 68 valence electrons. The van der Waals surface area contributed by atoms with Gasteiger partial charge in [0, 0.05) is 18.4 Å². The molecule has 3 nitrogen and oxygen atoms in total. The number of fused-ring (bicyclic) bond motifs is 1. The summed E-state index contributed by atoms with van der Waals surface area (Å²) in [5.74, 6) is 0. The highest BCUT2D eigenvalue weighted by molar-refractivity contribution is 5.42. The third-order valence-electron chi connectivity index (χ3n) is 2.10. The third-order valence-corrected chi connectivity index (χ3v) is 2.10. The minimum absolute atomic E-state index is 0.000191. The maximum Gasteiger partial charge on any atom is 0.137 e. The van der Waals surface area contributed by atoms with Gasteiger partial charge in [-0.05, 0) is 31.5 Å². The number of rotatable bonds is 1. The molecule has 0 aliphatic heterocycles. The van der Waals surface area contributed by atoms with Crippen LogP contribution in [0, 0.1) is 6.92 Å². The van der Waals surface area contributed by atoms with Crippen LogP contribution >= 0.6 is 0 Å². The summed E-state index contributed by atoms with van der Waals surface area (Å²) in [6.07, 6.45) is 3.98. The lowest BCUT2D eigenvalue weighted by Crippen LogP contribution is -2.04. The monoisotopic (exact) mass is 175 g/mol. The Morgan fingerprint density at radius 3 is 3.00 bits per heavy atom. The van der Waals surface area contributed by atoms with Gasteiger partial charge in [-0.1, -0.05) is 0 Å². The zero-order chi connectivity index (χ0) is 9.42. The molecule has 0 saturated carbocycles. The van der Waals surface area contributed by atoms with E-state index in [4.69, 9.17) is 5.73 Å². The molecule has 2 heterocycles. The van der Waals surface area contributed by atoms with Crippen molar-refractivity contribution < 1.29 is 0 Å². The molecular weight excluding hydrogens is 162 g/mol. The summed E-state index contributed by atoms with van der Waals surface area (Å²) >= 11 is 0. The van der Waals surface area contributed by atoms with E-state index in [1.54, 1.807) is 0 Å². The van der Waals surface area contributed by atoms with Crippen LogP contribution in [0.2, 0.25) is 0 Å². The fourth-order valence-electron chi connectivity index (χ4n) is 1.32. The Hall–Kier alpha value is -1.35. The van der Waals surface area contributed by atoms with E-state index in [-0.39, 0.29) is 6.04 Å². The second kappa shape index (κ2) is 2.85. The van der Waals surface area contributed by atoms with Gasteiger partial charge in [-0.2, -0.15) is 0 Å². The predicted molar refractivity (Wildman–Crippen MR) is 52.5 cm³/mol. The molecule has 0 spiro atoms. The van der Waals surface area contributed by atoms with Crippen molar-refractivity contribution in [3.05, 3.63) is 35.8 Å². The molecule has 0 unspecified atom stereocenters. The molecule has 0 aliphatic rings. The lowest BCUT2D eigenvalue weighted by molar-refractivity contribution is 0.790. The van der Waals surface area contributed by atoms with Gasteiger partial charge in [0.25, 0.3) is 0 Å². The third kappa shape index (κ3) is 1.42. The van der Waals surface area contributed by atoms with Gasteiger partial charge in [0.05, 0.1) is 5.69 Å². The van der Waals surface area contributed by atoms with E-state index in [0.29, 0.717) is 0 Å². The molecule has 0 saturated heterocycles. The van der Waals surface area contributed by atoms with Gasteiger partial charge in [-0.3, -0.25) is 0 Å². The molecule has 0 bridgehead atoms. The number of hydrogen-bond acceptors (Lipinski definition) is 2. The van der Waals surface area contributed by atoms with Crippen LogP contribution < -0.4 is 5.73 Å². The smallest absolute Gasteiger partial charge is 0.137 e. The maximum atomic E-state index is 5.74. The lowest BCUT2D eigenvalue weighted by Gasteiger charge is -1.95. The van der Waals surface area contributed by atoms with Crippen LogP contribution in [0.15, 0.2) is 24.5 Å². The number of nitrogens with two attached hydrogens (primary N) is 1. The summed E-state index contributed by atoms with van der Waals surface area (Å²) in [6, 6.07) is 4.10. The van der Waals surface area contributed by atoms with E-state index in [2.05, 4.69) is 18.0 Å². The summed E-state index contributed by atoms with van der Waals surface area (Å²) < 4.78 is 1.99. The van der Waals surface area contributed by atoms with Crippen molar-refractivity contribution in [2.75, 3.05) is 0 Å². The minimum Gasteiger partial charge on any atom is -0.323 e. The molecule has 0 aliphatic carbocycles. The van der Waals surface area contributed by atoms with Crippen molar-refractivity contribution in [2.45, 2.75) is 19.9 Å². The van der Waals surface area contributed by atoms with Crippen LogP contribution in [-0.4, -0.2) is 9.38 Å². The fraction of sp³-hybridized carbons (Fsp3) is 0.300. The molecule has 2 N–H and O–H groups in total. The molecule has 3 heteroatoms. The summed E-state index contributed by atoms with van der Waals surface area (Å²) in [5, 5.41) is 0. The normalized spacial score (nSPS) is 13.5. The average Bonchev–Trinajstić information content (AvgIpc) is 2.46. The van der Waals surface area contributed by atoms with E-state index in [1.165, 1.54) is 5.56 Å². The van der Waals surface area contributed by atoms with Crippen LogP contribution in [0.3, 0.4) is 0 Å². The van der Waals surface area contributed by atoms with Gasteiger partial charge in [0.1, 0.15) is 5.65 Å². The van der Waals surface area contributed by atoms with E-state index < -0.39 is 0 Å². The van der Waals surface area contributed by atoms with Crippen LogP contribution in [0.1, 0.15) is 24.2 Å². The van der Waals surface area contributed by atoms with Gasteiger partial charge in [0.15, 0.2) is 0 Å². The number of hydrogen-bond donors (Lipinski definition) is 1. The number of aryl methyl sites for hydroxylation is 1. The van der Waals surface area contributed by atoms with Crippen molar-refractivity contribution in [1.29, 1.82) is 0 Å². The first-order valence-electron chi connectivity index (χ1n) is 4.37. The van der Waals surface area contributed by atoms with Gasteiger partial charge < -0.3 is 10.1 Å². The Labute approximate surface area is 77.2 Å². The number of pyridine rings is 1. The topological polar surface area (TPSA) is 43.3 Å². The molecule has 0 radical (unpaired) electrons. The first-order valence-corrected chi connectivity index (χ1v) is 4.37. The largest absolute Gasteiger partial charge is 0.323 e. The molecular formula is C10H13N3. The Morgan fingerprint density at radius 2 is 2.31 bits per heavy atom. The summed E-state index contributed by atoms with van der Waals surface area (Å²) in [5.41, 5.74) is 8.86. The number of imidazole rings is 1. The van der Waals surface area contributed by atoms with Gasteiger partial charge in [-0.25, -0.2) is 4.98 Å². The lowest BCUT2D eigenvalue weighted by atomic mass is 10.3. The van der Waals surface area contributed by atoms with E-state index in [0.717, 1.165) is 11.3 Å². The zero-order valence-corrected chi connectivity index (χ0v) is 7.86. The first-order chi connectivity index (χ1) is 6.16. The number of aromatic nitrogens is 2. The Morgan fingerprint density at radius 1 is 1.54 bits per heavy atom. The predicted octanol–water partition coefficient (Wildman–Crippen LogP) is 1.66. The Balaban J connectivity index is 2.62. The molecule has 2 aromatic rings. The van der Waals surface area contributed by atoms with Gasteiger partial charge in [0.2, 0.25) is 0 Å². The van der Waals surface area contributed by atoms with Crippen LogP contribution in [-0.2, 0) is 0 Å². The van der Waals surface area contributed by atoms with E-state index in [1.807, 2.05) is 29.8 Å². The molecule has 13 heavy (non-hydrogen) atoms. The van der Waals surface area contributed by atoms with Crippen LogP contribution in [0.5, 0.6) is 0 Å². The Bertz CT molecular complexity index is 429. The van der Waals surface area contributed by atoms with Crippen molar-refractivity contribution in [3.8, 4) is 0 Å². The highest BCUT2D eigenvalue weighted by Crippen LogP contribution is 2.11. The molecule has 2 rings (SSSR count). The van der Waals surface area contributed by atoms with Crippen molar-refractivity contribution in [1.82, 2.24) is 9.38 Å². The van der Waals surface area contributed by atoms with Crippen molar-refractivity contribution >= 4 is 5.65 Å². The molecule has 0 amide bonds. The summed E-state index contributed by atoms with van der Waals surface area (Å²) in [4.78, 5) is 4.41. The zero-order valence-electron chi connectivity index (χ0n) is 7.86. The van der Waals surface area contributed by atoms with Gasteiger partial charge >= 0.3 is 0 Å². The van der Waals surface area contributed by atoms with Gasteiger partial charge in [-0.15, -0.1) is 0 Å². The van der Waals surface area contributed by atoms with Crippen LogP contribution in [0.25, 0.3) is 5.65 Å². The second-order valence-corrected chi connectivity index (χ2v) is 3.42. The highest BCUT2D eigenvalue weighted by Gasteiger charge is 2.04. The quantitative estimate of drug-likeness (QED) is 0.716. The fourth-order valence-corrected chi connectivity index (χ4v) is 1.32. The highest BCUT2D eigenvalue weighted by atomic mass is 15.0. The second-order valence-electron chi connectivity index (χ2n) is 3.42. The minimum atomic E-state index is 0.000191. The van der Waals surface area contributed by atoms with E-state index in [9.17, 15) is 0 Å². The standard InChI is InChI=1S/C10H13N3/c1-7-3-4-13-6-9(8(2)11)12-10(13)5-7/h3-6,8H,11H2,1-2H3/t8-/m1/s1. The van der Waals surface area contributed by atoms with E-state index >= 15 is 0 Å². The average molecular weight is 175 g/mol. The first kappa shape index (κ1) is 8.26. The molecule has 1 atom stereocenters. The molecule has 0 fully saturated rings. The van der Waals surface area contributed by atoms with Crippen molar-refractivity contribution in [2.24, 2.45) is 5.73 Å². The van der Waals surface area contributed by atoms with Crippen molar-refractivity contribution in [3.63, 3.8) is 0 Å². The van der Waals surface area contributed by atoms with Crippen LogP contribution in [0.4, 0.5) is 0 Å². The maximum absolute atomic E-state index is 5.74. The summed E-state index contributed by atoms with van der Waals surface area (Å²) in [7, 11) is 0. The molecule has 2 aromatic heterocycles. The number of nitrogens with zero attached hydrogens (tertiary/aromatic N) is 2.